The Morgan fingerprint density at radius 3 is 2.50 bits per heavy atom. The van der Waals surface area contributed by atoms with Crippen molar-refractivity contribution >= 4 is 12.1 Å². The molecule has 1 N–H and O–H groups in total. The van der Waals surface area contributed by atoms with Crippen LogP contribution in [0.15, 0.2) is 72.6 Å². The van der Waals surface area contributed by atoms with Crippen molar-refractivity contribution in [2.45, 2.75) is 0 Å². The molecule has 1 aromatic carbocycles. The van der Waals surface area contributed by atoms with Crippen molar-refractivity contribution in [2.75, 3.05) is 0 Å². The molecule has 0 aliphatic heterocycles. The number of hydrazone groups is 1. The minimum absolute atomic E-state index is 0.270. The number of carbonyl (C=O) groups is 1. The van der Waals surface area contributed by atoms with Crippen LogP contribution in [0.4, 0.5) is 0 Å². The predicted molar refractivity (Wildman–Crippen MR) is 82.9 cm³/mol. The first-order chi connectivity index (χ1) is 10.8. The van der Waals surface area contributed by atoms with Gasteiger partial charge in [-0.15, -0.1) is 0 Å². The summed E-state index contributed by atoms with van der Waals surface area (Å²) in [6.07, 6.45) is 10.1. The summed E-state index contributed by atoms with van der Waals surface area (Å²) in [6.45, 7) is 0. The molecule has 0 saturated carbocycles. The first-order valence-corrected chi connectivity index (χ1v) is 6.65. The van der Waals surface area contributed by atoms with E-state index in [1.54, 1.807) is 43.3 Å². The van der Waals surface area contributed by atoms with E-state index in [0.29, 0.717) is 5.56 Å². The van der Waals surface area contributed by atoms with Crippen LogP contribution in [0.1, 0.15) is 15.9 Å². The largest absolute Gasteiger partial charge is 0.306 e. The van der Waals surface area contributed by atoms with E-state index < -0.39 is 0 Å². The summed E-state index contributed by atoms with van der Waals surface area (Å²) in [5.74, 6) is -0.270. The maximum atomic E-state index is 11.8. The summed E-state index contributed by atoms with van der Waals surface area (Å²) in [6, 6.07) is 11.0. The maximum absolute atomic E-state index is 11.8. The Labute approximate surface area is 127 Å². The second kappa shape index (κ2) is 6.45. The van der Waals surface area contributed by atoms with E-state index in [1.807, 2.05) is 35.0 Å². The number of rotatable bonds is 4. The second-order valence-electron chi connectivity index (χ2n) is 4.50. The lowest BCUT2D eigenvalue weighted by Crippen LogP contribution is -2.17. The summed E-state index contributed by atoms with van der Waals surface area (Å²) >= 11 is 0. The Hall–Kier alpha value is -3.28. The van der Waals surface area contributed by atoms with Crippen molar-refractivity contribution < 1.29 is 4.79 Å². The van der Waals surface area contributed by atoms with E-state index >= 15 is 0 Å². The van der Waals surface area contributed by atoms with E-state index in [0.717, 1.165) is 11.3 Å². The molecule has 6 nitrogen and oxygen atoms in total. The van der Waals surface area contributed by atoms with Gasteiger partial charge in [-0.05, 0) is 29.8 Å². The number of hydrogen-bond donors (Lipinski definition) is 1. The number of amides is 1. The molecule has 3 rings (SSSR count). The summed E-state index contributed by atoms with van der Waals surface area (Å²) < 4.78 is 1.91. The zero-order valence-electron chi connectivity index (χ0n) is 11.6. The van der Waals surface area contributed by atoms with Gasteiger partial charge >= 0.3 is 0 Å². The van der Waals surface area contributed by atoms with Gasteiger partial charge in [-0.2, -0.15) is 5.10 Å². The third-order valence-corrected chi connectivity index (χ3v) is 3.02. The van der Waals surface area contributed by atoms with Crippen molar-refractivity contribution in [3.05, 3.63) is 78.6 Å². The first kappa shape index (κ1) is 13.7. The van der Waals surface area contributed by atoms with E-state index in [-0.39, 0.29) is 5.91 Å². The molecule has 0 radical (unpaired) electrons. The molecule has 0 atom stereocenters. The molecule has 0 saturated heterocycles. The fourth-order valence-electron chi connectivity index (χ4n) is 1.88. The molecular formula is C16H13N5O. The Morgan fingerprint density at radius 2 is 1.82 bits per heavy atom. The molecule has 108 valence electrons. The summed E-state index contributed by atoms with van der Waals surface area (Å²) in [5, 5.41) is 3.95. The minimum atomic E-state index is -0.270. The zero-order chi connectivity index (χ0) is 15.2. The number of hydrogen-bond acceptors (Lipinski definition) is 4. The van der Waals surface area contributed by atoms with Gasteiger partial charge in [-0.3, -0.25) is 9.78 Å². The molecule has 0 aliphatic rings. The smallest absolute Gasteiger partial charge is 0.271 e. The average molecular weight is 291 g/mol. The van der Waals surface area contributed by atoms with Crippen molar-refractivity contribution in [3.8, 4) is 5.69 Å². The summed E-state index contributed by atoms with van der Waals surface area (Å²) in [7, 11) is 0. The van der Waals surface area contributed by atoms with Gasteiger partial charge in [0.05, 0.1) is 12.5 Å². The molecule has 2 aromatic heterocycles. The molecule has 0 bridgehead atoms. The van der Waals surface area contributed by atoms with Crippen molar-refractivity contribution in [3.63, 3.8) is 0 Å². The van der Waals surface area contributed by atoms with Crippen LogP contribution in [0.2, 0.25) is 0 Å². The molecule has 3 aromatic rings. The van der Waals surface area contributed by atoms with Crippen LogP contribution < -0.4 is 5.43 Å². The van der Waals surface area contributed by atoms with Crippen molar-refractivity contribution in [1.29, 1.82) is 0 Å². The van der Waals surface area contributed by atoms with Gasteiger partial charge in [0, 0.05) is 36.0 Å². The molecule has 0 fully saturated rings. The van der Waals surface area contributed by atoms with E-state index in [4.69, 9.17) is 0 Å². The molecule has 1 amide bonds. The Balaban J connectivity index is 1.62. The average Bonchev–Trinajstić information content (AvgIpc) is 3.11. The fraction of sp³-hybridized carbons (Fsp3) is 0. The molecule has 0 unspecified atom stereocenters. The van der Waals surface area contributed by atoms with Gasteiger partial charge in [0.1, 0.15) is 0 Å². The highest BCUT2D eigenvalue weighted by molar-refractivity contribution is 5.94. The number of nitrogens with zero attached hydrogens (tertiary/aromatic N) is 4. The van der Waals surface area contributed by atoms with Crippen molar-refractivity contribution in [2.24, 2.45) is 5.10 Å². The SMILES string of the molecule is O=C(N/N=C/c1ccc(-n2ccnc2)cc1)c1ccncc1. The van der Waals surface area contributed by atoms with Gasteiger partial charge in [-0.1, -0.05) is 12.1 Å². The van der Waals surface area contributed by atoms with Crippen LogP contribution in [0.5, 0.6) is 0 Å². The highest BCUT2D eigenvalue weighted by Crippen LogP contribution is 2.07. The van der Waals surface area contributed by atoms with Crippen molar-refractivity contribution in [1.82, 2.24) is 20.0 Å². The number of nitrogens with one attached hydrogen (secondary N) is 1. The minimum Gasteiger partial charge on any atom is -0.306 e. The number of aromatic nitrogens is 3. The topological polar surface area (TPSA) is 72.2 Å². The number of carbonyl (C=O) groups excluding carboxylic acids is 1. The zero-order valence-corrected chi connectivity index (χ0v) is 11.6. The molecule has 0 spiro atoms. The van der Waals surface area contributed by atoms with Crippen LogP contribution in [0.25, 0.3) is 5.69 Å². The van der Waals surface area contributed by atoms with E-state index in [1.165, 1.54) is 0 Å². The highest BCUT2D eigenvalue weighted by atomic mass is 16.2. The van der Waals surface area contributed by atoms with E-state index in [2.05, 4.69) is 20.5 Å². The lowest BCUT2D eigenvalue weighted by Gasteiger charge is -2.02. The summed E-state index contributed by atoms with van der Waals surface area (Å²) in [4.78, 5) is 19.6. The normalized spacial score (nSPS) is 10.7. The number of benzene rings is 1. The second-order valence-corrected chi connectivity index (χ2v) is 4.50. The summed E-state index contributed by atoms with van der Waals surface area (Å²) in [5.41, 5.74) is 4.89. The van der Waals surface area contributed by atoms with Gasteiger partial charge in [-0.25, -0.2) is 10.4 Å². The standard InChI is InChI=1S/C16H13N5O/c22-16(14-5-7-17-8-6-14)20-19-11-13-1-3-15(4-2-13)21-10-9-18-12-21/h1-12H,(H,20,22)/b19-11+. The monoisotopic (exact) mass is 291 g/mol. The maximum Gasteiger partial charge on any atom is 0.271 e. The lowest BCUT2D eigenvalue weighted by atomic mass is 10.2. The van der Waals surface area contributed by atoms with Crippen LogP contribution in [0.3, 0.4) is 0 Å². The Kier molecular flexibility index (Phi) is 4.01. The molecule has 0 aliphatic carbocycles. The third kappa shape index (κ3) is 3.24. The molecule has 2 heterocycles. The lowest BCUT2D eigenvalue weighted by molar-refractivity contribution is 0.0955. The predicted octanol–water partition coefficient (Wildman–Crippen LogP) is 2.03. The van der Waals surface area contributed by atoms with Crippen LogP contribution in [0, 0.1) is 0 Å². The Morgan fingerprint density at radius 1 is 1.05 bits per heavy atom. The van der Waals surface area contributed by atoms with Gasteiger partial charge in [0.2, 0.25) is 0 Å². The molecular weight excluding hydrogens is 278 g/mol. The molecule has 22 heavy (non-hydrogen) atoms. The number of imidazole rings is 1. The number of pyridine rings is 1. The van der Waals surface area contributed by atoms with E-state index in [9.17, 15) is 4.79 Å². The molecule has 6 heteroatoms. The highest BCUT2D eigenvalue weighted by Gasteiger charge is 2.01. The van der Waals surface area contributed by atoms with Gasteiger partial charge in [0.25, 0.3) is 5.91 Å². The van der Waals surface area contributed by atoms with Crippen LogP contribution in [-0.2, 0) is 0 Å². The Bertz CT molecular complexity index is 764. The third-order valence-electron chi connectivity index (χ3n) is 3.02. The van der Waals surface area contributed by atoms with Gasteiger partial charge in [0.15, 0.2) is 0 Å². The first-order valence-electron chi connectivity index (χ1n) is 6.65. The van der Waals surface area contributed by atoms with Crippen LogP contribution in [-0.4, -0.2) is 26.7 Å². The van der Waals surface area contributed by atoms with Gasteiger partial charge < -0.3 is 4.57 Å². The van der Waals surface area contributed by atoms with Crippen LogP contribution >= 0.6 is 0 Å². The fourth-order valence-corrected chi connectivity index (χ4v) is 1.88. The quantitative estimate of drug-likeness (QED) is 0.590.